The number of carboxylic acids is 1. The summed E-state index contributed by atoms with van der Waals surface area (Å²) in [7, 11) is 1.31. The first-order valence-electron chi connectivity index (χ1n) is 5.73. The van der Waals surface area contributed by atoms with Crippen molar-refractivity contribution >= 4 is 11.9 Å². The van der Waals surface area contributed by atoms with Gasteiger partial charge in [0.05, 0.1) is 6.54 Å². The Kier molecular flexibility index (Phi) is 5.93. The van der Waals surface area contributed by atoms with Gasteiger partial charge in [-0.15, -0.1) is 0 Å². The van der Waals surface area contributed by atoms with Crippen molar-refractivity contribution in [3.63, 3.8) is 0 Å². The highest BCUT2D eigenvalue weighted by Crippen LogP contribution is 2.17. The van der Waals surface area contributed by atoms with Crippen LogP contribution >= 0.6 is 0 Å². The Morgan fingerprint density at radius 1 is 1.47 bits per heavy atom. The molecule has 1 saturated heterocycles. The molecular weight excluding hydrogens is 226 g/mol. The normalized spacial score (nSPS) is 18.6. The molecule has 1 heterocycles. The molecule has 0 aromatic carbocycles. The second-order valence-electron chi connectivity index (χ2n) is 4.13. The maximum atomic E-state index is 11.6. The monoisotopic (exact) mass is 245 g/mol. The Morgan fingerprint density at radius 3 is 2.65 bits per heavy atom. The summed E-state index contributed by atoms with van der Waals surface area (Å²) in [6.45, 7) is 1.41. The minimum Gasteiger partial charge on any atom is -0.479 e. The summed E-state index contributed by atoms with van der Waals surface area (Å²) in [5.41, 5.74) is 0. The highest BCUT2D eigenvalue weighted by atomic mass is 16.5. The van der Waals surface area contributed by atoms with Crippen LogP contribution in [0.3, 0.4) is 0 Å². The van der Waals surface area contributed by atoms with Gasteiger partial charge in [0.15, 0.2) is 6.10 Å². The van der Waals surface area contributed by atoms with Crippen LogP contribution in [0.15, 0.2) is 0 Å². The van der Waals surface area contributed by atoms with Gasteiger partial charge in [-0.25, -0.2) is 4.79 Å². The smallest absolute Gasteiger partial charge is 0.334 e. The molecule has 1 rings (SSSR count). The standard InChI is InChI=1S/C11H19NO5/c1-16-9(11(14)15)7-12-10(13)6-8-2-4-17-5-3-8/h8-9H,2-7H2,1H3,(H,12,13)(H,14,15). The summed E-state index contributed by atoms with van der Waals surface area (Å²) in [5.74, 6) is -0.853. The highest BCUT2D eigenvalue weighted by Gasteiger charge is 2.20. The molecule has 0 spiro atoms. The number of hydrogen-bond acceptors (Lipinski definition) is 4. The number of carboxylic acid groups (broad SMARTS) is 1. The first kappa shape index (κ1) is 13.9. The molecule has 0 saturated carbocycles. The summed E-state index contributed by atoms with van der Waals surface area (Å²) in [6, 6.07) is 0. The van der Waals surface area contributed by atoms with Crippen molar-refractivity contribution in [1.82, 2.24) is 5.32 Å². The quantitative estimate of drug-likeness (QED) is 0.689. The lowest BCUT2D eigenvalue weighted by atomic mass is 9.96. The molecule has 1 fully saturated rings. The van der Waals surface area contributed by atoms with Crippen LogP contribution in [-0.2, 0) is 19.1 Å². The molecule has 6 nitrogen and oxygen atoms in total. The second kappa shape index (κ2) is 7.24. The van der Waals surface area contributed by atoms with Gasteiger partial charge >= 0.3 is 5.97 Å². The number of ether oxygens (including phenoxy) is 2. The first-order chi connectivity index (χ1) is 8.13. The molecule has 1 unspecified atom stereocenters. The number of methoxy groups -OCH3 is 1. The largest absolute Gasteiger partial charge is 0.479 e. The summed E-state index contributed by atoms with van der Waals surface area (Å²) in [6.07, 6.45) is 1.23. The fourth-order valence-corrected chi connectivity index (χ4v) is 1.76. The molecule has 0 radical (unpaired) electrons. The van der Waals surface area contributed by atoms with E-state index in [9.17, 15) is 9.59 Å². The molecule has 0 aromatic heterocycles. The lowest BCUT2D eigenvalue weighted by Gasteiger charge is -2.21. The zero-order valence-corrected chi connectivity index (χ0v) is 9.98. The molecule has 6 heteroatoms. The first-order valence-corrected chi connectivity index (χ1v) is 5.73. The van der Waals surface area contributed by atoms with Crippen LogP contribution in [0.1, 0.15) is 19.3 Å². The third-order valence-corrected chi connectivity index (χ3v) is 2.86. The van der Waals surface area contributed by atoms with E-state index in [4.69, 9.17) is 14.6 Å². The Balaban J connectivity index is 2.21. The molecule has 17 heavy (non-hydrogen) atoms. The van der Waals surface area contributed by atoms with Gasteiger partial charge in [0, 0.05) is 26.7 Å². The topological polar surface area (TPSA) is 84.9 Å². The predicted molar refractivity (Wildman–Crippen MR) is 59.6 cm³/mol. The molecule has 1 amide bonds. The Labute approximate surface area is 100 Å². The number of carbonyl (C=O) groups is 2. The van der Waals surface area contributed by atoms with E-state index in [1.807, 2.05) is 0 Å². The number of aliphatic carboxylic acids is 1. The molecule has 0 aromatic rings. The van der Waals surface area contributed by atoms with Gasteiger partial charge in [0.25, 0.3) is 0 Å². The Morgan fingerprint density at radius 2 is 2.12 bits per heavy atom. The number of nitrogens with one attached hydrogen (secondary N) is 1. The highest BCUT2D eigenvalue weighted by molar-refractivity contribution is 5.78. The van der Waals surface area contributed by atoms with Gasteiger partial charge in [0.2, 0.25) is 5.91 Å². The molecule has 0 bridgehead atoms. The molecule has 2 N–H and O–H groups in total. The van der Waals surface area contributed by atoms with Gasteiger partial charge in [-0.3, -0.25) is 4.79 Å². The third kappa shape index (κ3) is 5.14. The van der Waals surface area contributed by atoms with E-state index in [0.29, 0.717) is 25.6 Å². The van der Waals surface area contributed by atoms with Crippen molar-refractivity contribution in [3.05, 3.63) is 0 Å². The average Bonchev–Trinajstić information content (AvgIpc) is 2.30. The molecule has 0 aliphatic carbocycles. The summed E-state index contributed by atoms with van der Waals surface area (Å²) in [5, 5.41) is 11.3. The van der Waals surface area contributed by atoms with E-state index in [0.717, 1.165) is 12.8 Å². The average molecular weight is 245 g/mol. The van der Waals surface area contributed by atoms with E-state index in [1.165, 1.54) is 7.11 Å². The molecule has 98 valence electrons. The van der Waals surface area contributed by atoms with Crippen LogP contribution in [0, 0.1) is 5.92 Å². The van der Waals surface area contributed by atoms with Crippen LogP contribution in [0.25, 0.3) is 0 Å². The lowest BCUT2D eigenvalue weighted by Crippen LogP contribution is -2.38. The Bertz CT molecular complexity index is 263. The van der Waals surface area contributed by atoms with Crippen LogP contribution < -0.4 is 5.32 Å². The molecule has 1 atom stereocenters. The molecule has 1 aliphatic heterocycles. The minimum absolute atomic E-state index is 0.00782. The third-order valence-electron chi connectivity index (χ3n) is 2.86. The zero-order valence-electron chi connectivity index (χ0n) is 9.98. The van der Waals surface area contributed by atoms with Crippen LogP contribution in [0.4, 0.5) is 0 Å². The fraction of sp³-hybridized carbons (Fsp3) is 0.818. The van der Waals surface area contributed by atoms with E-state index in [1.54, 1.807) is 0 Å². The fourth-order valence-electron chi connectivity index (χ4n) is 1.76. The lowest BCUT2D eigenvalue weighted by molar-refractivity contribution is -0.148. The minimum atomic E-state index is -1.07. The molecule has 1 aliphatic rings. The number of amides is 1. The van der Waals surface area contributed by atoms with Gasteiger partial charge < -0.3 is 19.9 Å². The number of rotatable bonds is 6. The van der Waals surface area contributed by atoms with Gasteiger partial charge in [-0.05, 0) is 18.8 Å². The Hall–Kier alpha value is -1.14. The van der Waals surface area contributed by atoms with Crippen LogP contribution in [-0.4, -0.2) is 50.0 Å². The number of carbonyl (C=O) groups excluding carboxylic acids is 1. The van der Waals surface area contributed by atoms with Crippen LogP contribution in [0.5, 0.6) is 0 Å². The zero-order chi connectivity index (χ0) is 12.7. The van der Waals surface area contributed by atoms with Crippen molar-refractivity contribution in [2.24, 2.45) is 5.92 Å². The summed E-state index contributed by atoms with van der Waals surface area (Å²) in [4.78, 5) is 22.2. The molecular formula is C11H19NO5. The predicted octanol–water partition coefficient (Wildman–Crippen LogP) is 0.0189. The maximum Gasteiger partial charge on any atom is 0.334 e. The van der Waals surface area contributed by atoms with Gasteiger partial charge in [-0.2, -0.15) is 0 Å². The summed E-state index contributed by atoms with van der Waals surface area (Å²) >= 11 is 0. The van der Waals surface area contributed by atoms with Crippen molar-refractivity contribution in [1.29, 1.82) is 0 Å². The van der Waals surface area contributed by atoms with Crippen LogP contribution in [0.2, 0.25) is 0 Å². The van der Waals surface area contributed by atoms with Crippen molar-refractivity contribution in [3.8, 4) is 0 Å². The summed E-state index contributed by atoms with van der Waals surface area (Å²) < 4.78 is 9.92. The van der Waals surface area contributed by atoms with Crippen molar-refractivity contribution in [2.75, 3.05) is 26.9 Å². The van der Waals surface area contributed by atoms with Gasteiger partial charge in [0.1, 0.15) is 0 Å². The number of hydrogen-bond donors (Lipinski definition) is 2. The van der Waals surface area contributed by atoms with E-state index >= 15 is 0 Å². The van der Waals surface area contributed by atoms with E-state index in [-0.39, 0.29) is 12.5 Å². The van der Waals surface area contributed by atoms with Gasteiger partial charge in [-0.1, -0.05) is 0 Å². The van der Waals surface area contributed by atoms with Crippen molar-refractivity contribution < 1.29 is 24.2 Å². The second-order valence-corrected chi connectivity index (χ2v) is 4.13. The maximum absolute atomic E-state index is 11.6. The van der Waals surface area contributed by atoms with E-state index in [2.05, 4.69) is 5.32 Å². The SMILES string of the molecule is COC(CNC(=O)CC1CCOCC1)C(=O)O. The van der Waals surface area contributed by atoms with E-state index < -0.39 is 12.1 Å². The van der Waals surface area contributed by atoms with Crippen molar-refractivity contribution in [2.45, 2.75) is 25.4 Å².